The molecule has 136 valence electrons. The Hall–Kier alpha value is -2.12. The second-order valence-electron chi connectivity index (χ2n) is 6.63. The molecule has 1 aromatic rings. The summed E-state index contributed by atoms with van der Waals surface area (Å²) in [4.78, 5) is 26.0. The SMILES string of the molecule is COCc1cc(CN[C@H]2C[C@H]3C(=O)N[C@H](C)C(=O)N3C2)ccc1OC. The molecule has 0 aromatic heterocycles. The lowest BCUT2D eigenvalue weighted by Gasteiger charge is -2.32. The highest BCUT2D eigenvalue weighted by atomic mass is 16.5. The number of rotatable bonds is 6. The van der Waals surface area contributed by atoms with E-state index in [1.165, 1.54) is 0 Å². The molecule has 7 nitrogen and oxygen atoms in total. The minimum Gasteiger partial charge on any atom is -0.496 e. The first-order valence-electron chi connectivity index (χ1n) is 8.52. The summed E-state index contributed by atoms with van der Waals surface area (Å²) in [6.45, 7) is 3.45. The molecule has 0 unspecified atom stereocenters. The number of fused-ring (bicyclic) bond motifs is 1. The average Bonchev–Trinajstić information content (AvgIpc) is 3.03. The van der Waals surface area contributed by atoms with Gasteiger partial charge in [0.05, 0.1) is 13.7 Å². The van der Waals surface area contributed by atoms with E-state index in [4.69, 9.17) is 9.47 Å². The smallest absolute Gasteiger partial charge is 0.245 e. The number of nitrogens with zero attached hydrogens (tertiary/aromatic N) is 1. The molecule has 3 atom stereocenters. The molecule has 2 amide bonds. The predicted molar refractivity (Wildman–Crippen MR) is 92.1 cm³/mol. The number of carbonyl (C=O) groups is 2. The molecule has 0 spiro atoms. The first-order valence-corrected chi connectivity index (χ1v) is 8.52. The lowest BCUT2D eigenvalue weighted by Crippen LogP contribution is -2.60. The molecule has 0 saturated carbocycles. The number of hydrogen-bond acceptors (Lipinski definition) is 5. The van der Waals surface area contributed by atoms with Crippen molar-refractivity contribution < 1.29 is 19.1 Å². The molecule has 1 aromatic carbocycles. The number of benzene rings is 1. The van der Waals surface area contributed by atoms with Crippen molar-refractivity contribution in [1.82, 2.24) is 15.5 Å². The van der Waals surface area contributed by atoms with Gasteiger partial charge in [0.2, 0.25) is 11.8 Å². The van der Waals surface area contributed by atoms with Crippen LogP contribution in [0.1, 0.15) is 24.5 Å². The fourth-order valence-electron chi connectivity index (χ4n) is 3.57. The van der Waals surface area contributed by atoms with Crippen molar-refractivity contribution in [1.29, 1.82) is 0 Å². The third-order valence-electron chi connectivity index (χ3n) is 4.86. The summed E-state index contributed by atoms with van der Waals surface area (Å²) in [6.07, 6.45) is 0.644. The lowest BCUT2D eigenvalue weighted by atomic mass is 10.1. The second-order valence-corrected chi connectivity index (χ2v) is 6.63. The monoisotopic (exact) mass is 347 g/mol. The lowest BCUT2D eigenvalue weighted by molar-refractivity contribution is -0.146. The van der Waals surface area contributed by atoms with Gasteiger partial charge in [-0.05, 0) is 31.0 Å². The van der Waals surface area contributed by atoms with Crippen LogP contribution in [-0.2, 0) is 27.5 Å². The minimum atomic E-state index is -0.430. The predicted octanol–water partition coefficient (Wildman–Crippen LogP) is 0.419. The Morgan fingerprint density at radius 3 is 2.84 bits per heavy atom. The molecule has 0 radical (unpaired) electrons. The molecule has 2 saturated heterocycles. The van der Waals surface area contributed by atoms with E-state index in [0.29, 0.717) is 26.1 Å². The highest BCUT2D eigenvalue weighted by Gasteiger charge is 2.44. The topological polar surface area (TPSA) is 79.9 Å². The number of piperazine rings is 1. The maximum Gasteiger partial charge on any atom is 0.245 e. The van der Waals surface area contributed by atoms with Crippen molar-refractivity contribution >= 4 is 11.8 Å². The zero-order valence-electron chi connectivity index (χ0n) is 14.9. The van der Waals surface area contributed by atoms with Crippen molar-refractivity contribution in [3.05, 3.63) is 29.3 Å². The summed E-state index contributed by atoms with van der Waals surface area (Å²) in [6, 6.07) is 5.33. The van der Waals surface area contributed by atoms with Crippen LogP contribution in [0.15, 0.2) is 18.2 Å². The van der Waals surface area contributed by atoms with E-state index in [1.54, 1.807) is 26.0 Å². The zero-order chi connectivity index (χ0) is 18.0. The maximum absolute atomic E-state index is 12.2. The van der Waals surface area contributed by atoms with Gasteiger partial charge in [-0.2, -0.15) is 0 Å². The summed E-state index contributed by atoms with van der Waals surface area (Å²) in [5.41, 5.74) is 2.11. The van der Waals surface area contributed by atoms with Crippen molar-refractivity contribution in [3.63, 3.8) is 0 Å². The maximum atomic E-state index is 12.2. The Labute approximate surface area is 147 Å². The average molecular weight is 347 g/mol. The fraction of sp³-hybridized carbons (Fsp3) is 0.556. The van der Waals surface area contributed by atoms with Crippen molar-refractivity contribution in [2.24, 2.45) is 0 Å². The first-order chi connectivity index (χ1) is 12.0. The molecule has 2 aliphatic rings. The van der Waals surface area contributed by atoms with Gasteiger partial charge in [-0.25, -0.2) is 0 Å². The van der Waals surface area contributed by atoms with Crippen LogP contribution >= 0.6 is 0 Å². The summed E-state index contributed by atoms with van der Waals surface area (Å²) in [5, 5.41) is 6.20. The Balaban J connectivity index is 1.62. The van der Waals surface area contributed by atoms with Gasteiger partial charge in [-0.1, -0.05) is 6.07 Å². The van der Waals surface area contributed by atoms with E-state index in [2.05, 4.69) is 16.7 Å². The van der Waals surface area contributed by atoms with Gasteiger partial charge < -0.3 is 25.0 Å². The van der Waals surface area contributed by atoms with Crippen LogP contribution in [0.4, 0.5) is 0 Å². The van der Waals surface area contributed by atoms with Crippen LogP contribution in [0.25, 0.3) is 0 Å². The normalized spacial score (nSPS) is 25.7. The number of hydrogen-bond donors (Lipinski definition) is 2. The van der Waals surface area contributed by atoms with E-state index in [0.717, 1.165) is 16.9 Å². The summed E-state index contributed by atoms with van der Waals surface area (Å²) in [5.74, 6) is 0.754. The first kappa shape index (κ1) is 17.7. The van der Waals surface area contributed by atoms with Crippen molar-refractivity contribution in [2.75, 3.05) is 20.8 Å². The molecule has 7 heteroatoms. The van der Waals surface area contributed by atoms with E-state index in [9.17, 15) is 9.59 Å². The van der Waals surface area contributed by atoms with Gasteiger partial charge in [-0.3, -0.25) is 9.59 Å². The molecule has 0 aliphatic carbocycles. The van der Waals surface area contributed by atoms with Crippen molar-refractivity contribution in [3.8, 4) is 5.75 Å². The second kappa shape index (κ2) is 7.41. The van der Waals surface area contributed by atoms with Crippen LogP contribution < -0.4 is 15.4 Å². The fourth-order valence-corrected chi connectivity index (χ4v) is 3.57. The zero-order valence-corrected chi connectivity index (χ0v) is 14.9. The van der Waals surface area contributed by atoms with Gasteiger partial charge in [0.15, 0.2) is 0 Å². The number of amides is 2. The van der Waals surface area contributed by atoms with Crippen LogP contribution in [0, 0.1) is 0 Å². The van der Waals surface area contributed by atoms with Gasteiger partial charge in [0.1, 0.15) is 17.8 Å². The molecule has 2 aliphatic heterocycles. The van der Waals surface area contributed by atoms with Crippen LogP contribution in [0.3, 0.4) is 0 Å². The van der Waals surface area contributed by atoms with Gasteiger partial charge in [0, 0.05) is 31.8 Å². The van der Waals surface area contributed by atoms with E-state index >= 15 is 0 Å². The Morgan fingerprint density at radius 1 is 1.32 bits per heavy atom. The third kappa shape index (κ3) is 3.62. The van der Waals surface area contributed by atoms with Gasteiger partial charge in [-0.15, -0.1) is 0 Å². The summed E-state index contributed by atoms with van der Waals surface area (Å²) >= 11 is 0. The van der Waals surface area contributed by atoms with E-state index in [1.807, 2.05) is 12.1 Å². The molecule has 2 N–H and O–H groups in total. The Morgan fingerprint density at radius 2 is 2.12 bits per heavy atom. The molecule has 3 rings (SSSR count). The van der Waals surface area contributed by atoms with Crippen molar-refractivity contribution in [2.45, 2.75) is 44.6 Å². The standard InChI is InChI=1S/C18H25N3O4/c1-11-18(23)21-9-14(7-15(21)17(22)20-11)19-8-12-4-5-16(25-3)13(6-12)10-24-2/h4-6,11,14-15,19H,7-10H2,1-3H3,(H,20,22)/t11-,14+,15+/m1/s1. The largest absolute Gasteiger partial charge is 0.496 e. The van der Waals surface area contributed by atoms with Gasteiger partial charge >= 0.3 is 0 Å². The summed E-state index contributed by atoms with van der Waals surface area (Å²) < 4.78 is 10.6. The van der Waals surface area contributed by atoms with E-state index < -0.39 is 6.04 Å². The van der Waals surface area contributed by atoms with E-state index in [-0.39, 0.29) is 23.9 Å². The summed E-state index contributed by atoms with van der Waals surface area (Å²) in [7, 11) is 3.30. The third-order valence-corrected chi connectivity index (χ3v) is 4.86. The Bertz CT molecular complexity index is 664. The van der Waals surface area contributed by atoms with Crippen LogP contribution in [-0.4, -0.2) is 55.6 Å². The minimum absolute atomic E-state index is 0.000674. The van der Waals surface area contributed by atoms with Crippen LogP contribution in [0.2, 0.25) is 0 Å². The number of methoxy groups -OCH3 is 2. The molecule has 2 fully saturated rings. The number of carbonyl (C=O) groups excluding carboxylic acids is 2. The number of ether oxygens (including phenoxy) is 2. The highest BCUT2D eigenvalue weighted by Crippen LogP contribution is 2.24. The molecular weight excluding hydrogens is 322 g/mol. The van der Waals surface area contributed by atoms with Crippen LogP contribution in [0.5, 0.6) is 5.75 Å². The number of nitrogens with one attached hydrogen (secondary N) is 2. The Kier molecular flexibility index (Phi) is 5.24. The molecule has 2 heterocycles. The molecular formula is C18H25N3O4. The molecule has 25 heavy (non-hydrogen) atoms. The molecule has 0 bridgehead atoms. The van der Waals surface area contributed by atoms with Gasteiger partial charge in [0.25, 0.3) is 0 Å². The highest BCUT2D eigenvalue weighted by molar-refractivity contribution is 5.97. The quantitative estimate of drug-likeness (QED) is 0.780.